The summed E-state index contributed by atoms with van der Waals surface area (Å²) in [4.78, 5) is 0. The van der Waals surface area contributed by atoms with Crippen LogP contribution in [0.25, 0.3) is 12.2 Å². The number of rotatable bonds is 3. The van der Waals surface area contributed by atoms with Gasteiger partial charge < -0.3 is 15.5 Å². The van der Waals surface area contributed by atoms with E-state index in [1.54, 1.807) is 12.1 Å². The number of aromatic hydroxyl groups is 2. The van der Waals surface area contributed by atoms with E-state index in [-0.39, 0.29) is 39.2 Å². The topological polar surface area (TPSA) is 84.3 Å². The molecule has 3 aliphatic rings. The smallest absolute Gasteiger partial charge is 0.365 e. The summed E-state index contributed by atoms with van der Waals surface area (Å²) in [6, 6.07) is 7.43. The van der Waals surface area contributed by atoms with Crippen molar-refractivity contribution in [3.8, 4) is 11.5 Å². The molecule has 294 valence electrons. The second-order valence-electron chi connectivity index (χ2n) is 19.2. The van der Waals surface area contributed by atoms with E-state index in [1.807, 2.05) is 89.2 Å². The number of phenols is 2. The van der Waals surface area contributed by atoms with Gasteiger partial charge in [0, 0.05) is 33.0 Å². The highest BCUT2D eigenvalue weighted by Crippen LogP contribution is 2.71. The molecule has 54 heavy (non-hydrogen) atoms. The van der Waals surface area contributed by atoms with Gasteiger partial charge in [0.15, 0.2) is 6.17 Å². The van der Waals surface area contributed by atoms with Crippen LogP contribution >= 0.6 is 0 Å². The molecule has 6 rings (SSSR count). The molecule has 0 aromatic heterocycles. The Balaban J connectivity index is 1.83. The highest BCUT2D eigenvalue weighted by molar-refractivity contribution is 5.93. The number of hydrogen-bond acceptors (Lipinski definition) is 4. The Hall–Kier alpha value is -3.80. The third-order valence-electron chi connectivity index (χ3n) is 11.0. The fraction of sp³-hybridized carbons (Fsp3) is 0.524. The third-order valence-corrected chi connectivity index (χ3v) is 11.0. The lowest BCUT2D eigenvalue weighted by molar-refractivity contribution is -0.348. The number of fused-ring (bicyclic) bond motifs is 2. The van der Waals surface area contributed by atoms with Gasteiger partial charge in [0.25, 0.3) is 11.6 Å². The van der Waals surface area contributed by atoms with Gasteiger partial charge in [-0.05, 0) is 68.4 Å². The zero-order valence-electron chi connectivity index (χ0n) is 32.5. The number of phenolic OH excluding ortho intramolecular Hbond substituents is 2. The summed E-state index contributed by atoms with van der Waals surface area (Å²) in [6.07, 6.45) is -1.76. The Kier molecular flexibility index (Phi) is 8.24. The van der Waals surface area contributed by atoms with Crippen molar-refractivity contribution in [2.45, 2.75) is 140 Å². The van der Waals surface area contributed by atoms with Crippen molar-refractivity contribution >= 4 is 23.5 Å². The molecule has 3 aromatic carbocycles. The van der Waals surface area contributed by atoms with Gasteiger partial charge in [0.2, 0.25) is 5.67 Å². The van der Waals surface area contributed by atoms with E-state index in [4.69, 9.17) is 0 Å². The Morgan fingerprint density at radius 2 is 1.02 bits per heavy atom. The van der Waals surface area contributed by atoms with Crippen molar-refractivity contribution in [3.05, 3.63) is 79.7 Å². The molecule has 4 nitrogen and oxygen atoms in total. The Labute approximate surface area is 310 Å². The van der Waals surface area contributed by atoms with E-state index in [1.165, 1.54) is 12.1 Å². The molecule has 0 spiro atoms. The number of halogens is 8. The summed E-state index contributed by atoms with van der Waals surface area (Å²) < 4.78 is 127. The van der Waals surface area contributed by atoms with Crippen molar-refractivity contribution in [2.75, 3.05) is 5.32 Å². The Morgan fingerprint density at radius 3 is 1.43 bits per heavy atom. The standard InChI is InChI=1S/C42H48F8N2O2/c1-34(2,3)22-13-20(31(53)27(17-22)36(7,8)9)15-24-25(16-21-14-23(35(4,5)6)18-28(32(21)54)37(10,11)12)30-29(51-30)19-26(24)38(44)33(43)39(45)42(50,52-39)41(48,49)40(38,46)47/h13-19,33,51-54H,1-12H3. The molecule has 4 atom stereocenters. The predicted octanol–water partition coefficient (Wildman–Crippen LogP) is 9.72. The summed E-state index contributed by atoms with van der Waals surface area (Å²) in [5, 5.41) is 26.3. The lowest BCUT2D eigenvalue weighted by Gasteiger charge is -2.45. The zero-order chi connectivity index (χ0) is 40.9. The molecule has 1 aliphatic carbocycles. The largest absolute Gasteiger partial charge is 0.507 e. The van der Waals surface area contributed by atoms with E-state index in [2.05, 4.69) is 5.32 Å². The lowest BCUT2D eigenvalue weighted by atomic mass is 9.72. The van der Waals surface area contributed by atoms with Crippen LogP contribution in [0.2, 0.25) is 0 Å². The first-order valence-electron chi connectivity index (χ1n) is 17.9. The monoisotopic (exact) mass is 764 g/mol. The van der Waals surface area contributed by atoms with E-state index >= 15 is 35.1 Å². The van der Waals surface area contributed by atoms with Crippen LogP contribution in [-0.2, 0) is 27.3 Å². The van der Waals surface area contributed by atoms with Crippen molar-refractivity contribution in [2.24, 2.45) is 0 Å². The minimum absolute atomic E-state index is 0.0591. The average Bonchev–Trinajstić information content (AvgIpc) is 3.91. The summed E-state index contributed by atoms with van der Waals surface area (Å²) in [5.41, 5.74) is -6.39. The van der Waals surface area contributed by atoms with Crippen LogP contribution in [0.3, 0.4) is 0 Å². The second-order valence-corrected chi connectivity index (χ2v) is 19.2. The highest BCUT2D eigenvalue weighted by Gasteiger charge is 3.01. The minimum Gasteiger partial charge on any atom is -0.507 e. The number of nitrogens with one attached hydrogen (secondary N) is 2. The molecule has 3 aromatic rings. The normalized spacial score (nSPS) is 28.0. The molecule has 2 fully saturated rings. The van der Waals surface area contributed by atoms with Crippen molar-refractivity contribution in [1.82, 2.24) is 5.32 Å². The van der Waals surface area contributed by atoms with E-state index in [0.29, 0.717) is 22.8 Å². The van der Waals surface area contributed by atoms with Gasteiger partial charge in [0.05, 0.1) is 11.4 Å². The van der Waals surface area contributed by atoms with Gasteiger partial charge >= 0.3 is 11.8 Å². The number of alkyl halides is 8. The van der Waals surface area contributed by atoms with Gasteiger partial charge in [0.1, 0.15) is 11.5 Å². The van der Waals surface area contributed by atoms with Crippen LogP contribution in [0.5, 0.6) is 11.5 Å². The summed E-state index contributed by atoms with van der Waals surface area (Å²) in [5.74, 6) is -22.1. The van der Waals surface area contributed by atoms with Crippen molar-refractivity contribution in [1.29, 1.82) is 0 Å². The molecule has 0 amide bonds. The lowest BCUT2D eigenvalue weighted by Crippen LogP contribution is -2.72. The molecule has 4 unspecified atom stereocenters. The molecule has 0 radical (unpaired) electrons. The second kappa shape index (κ2) is 11.2. The first-order chi connectivity index (χ1) is 24.2. The SMILES string of the molecule is CC(C)(C)c1cc(C=c2c(C3(F)C(F)C4(F)NC4(F)C(F)(F)C3(F)F)cc3c(c2=Cc2cc(C(C)(C)C)cc(C(C)(C)C)c2O)N3)c(O)c(C(C)(C)C)c1. The highest BCUT2D eigenvalue weighted by atomic mass is 19.3. The zero-order valence-corrected chi connectivity index (χ0v) is 32.5. The van der Waals surface area contributed by atoms with Gasteiger partial charge in [-0.1, -0.05) is 95.2 Å². The van der Waals surface area contributed by atoms with Crippen molar-refractivity contribution < 1.29 is 45.3 Å². The summed E-state index contributed by atoms with van der Waals surface area (Å²) in [7, 11) is 0. The Morgan fingerprint density at radius 1 is 0.593 bits per heavy atom. The van der Waals surface area contributed by atoms with Crippen LogP contribution in [0.1, 0.15) is 122 Å². The maximum Gasteiger partial charge on any atom is 0.365 e. The first-order valence-corrected chi connectivity index (χ1v) is 17.9. The molecule has 1 saturated carbocycles. The fourth-order valence-corrected chi connectivity index (χ4v) is 7.33. The Bertz CT molecular complexity index is 2220. The fourth-order valence-electron chi connectivity index (χ4n) is 7.33. The van der Waals surface area contributed by atoms with Gasteiger partial charge in [-0.15, -0.1) is 0 Å². The average molecular weight is 765 g/mol. The maximum atomic E-state index is 17.5. The summed E-state index contributed by atoms with van der Waals surface area (Å²) >= 11 is 0. The maximum absolute atomic E-state index is 17.5. The van der Waals surface area contributed by atoms with Crippen LogP contribution in [0.4, 0.5) is 46.5 Å². The van der Waals surface area contributed by atoms with E-state index in [9.17, 15) is 10.2 Å². The van der Waals surface area contributed by atoms with Crippen LogP contribution in [0, 0.1) is 0 Å². The third kappa shape index (κ3) is 5.46. The molecular weight excluding hydrogens is 716 g/mol. The van der Waals surface area contributed by atoms with Gasteiger partial charge in [-0.2, -0.15) is 17.6 Å². The van der Waals surface area contributed by atoms with E-state index in [0.717, 1.165) is 17.0 Å². The van der Waals surface area contributed by atoms with Crippen molar-refractivity contribution in [3.63, 3.8) is 0 Å². The predicted molar refractivity (Wildman–Crippen MR) is 196 cm³/mol. The molecule has 0 bridgehead atoms. The molecular formula is C42H48F8N2O2. The molecule has 1 saturated heterocycles. The number of anilines is 2. The molecule has 12 heteroatoms. The molecule has 2 aliphatic heterocycles. The van der Waals surface area contributed by atoms with Crippen LogP contribution in [0.15, 0.2) is 30.3 Å². The quantitative estimate of drug-likeness (QED) is 0.0952. The number of hydrogen-bond donors (Lipinski definition) is 4. The van der Waals surface area contributed by atoms with Crippen LogP contribution < -0.4 is 21.1 Å². The minimum atomic E-state index is -6.14. The van der Waals surface area contributed by atoms with Crippen LogP contribution in [-0.4, -0.2) is 39.8 Å². The number of benzene rings is 3. The molecule has 2 heterocycles. The first kappa shape index (κ1) is 39.9. The van der Waals surface area contributed by atoms with Gasteiger partial charge in [-0.25, -0.2) is 22.9 Å². The molecule has 4 N–H and O–H groups in total. The van der Waals surface area contributed by atoms with Gasteiger partial charge in [-0.3, -0.25) is 0 Å². The van der Waals surface area contributed by atoms with E-state index < -0.39 is 67.7 Å². The summed E-state index contributed by atoms with van der Waals surface area (Å²) in [6.45, 7) is 22.5.